The molecule has 2 aromatic rings. The summed E-state index contributed by atoms with van der Waals surface area (Å²) in [5.74, 6) is 0.672. The second-order valence-electron chi connectivity index (χ2n) is 3.68. The molecule has 0 aliphatic heterocycles. The number of hydrogen-bond donors (Lipinski definition) is 0. The maximum Gasteiger partial charge on any atom is 0.216 e. The van der Waals surface area contributed by atoms with E-state index in [4.69, 9.17) is 4.74 Å². The zero-order valence-electron chi connectivity index (χ0n) is 9.47. The molecule has 3 heteroatoms. The fraction of sp³-hybridized carbons (Fsp3) is 0.231. The first-order valence-corrected chi connectivity index (χ1v) is 5.22. The molecule has 0 aliphatic rings. The van der Waals surface area contributed by atoms with Crippen molar-refractivity contribution < 1.29 is 4.74 Å². The Labute approximate surface area is 95.1 Å². The van der Waals surface area contributed by atoms with Crippen molar-refractivity contribution in [2.75, 3.05) is 0 Å². The van der Waals surface area contributed by atoms with Crippen molar-refractivity contribution in [2.45, 2.75) is 20.5 Å². The van der Waals surface area contributed by atoms with E-state index in [1.54, 1.807) is 6.20 Å². The van der Waals surface area contributed by atoms with Gasteiger partial charge in [0, 0.05) is 17.5 Å². The summed E-state index contributed by atoms with van der Waals surface area (Å²) in [6.45, 7) is 4.40. The van der Waals surface area contributed by atoms with Gasteiger partial charge in [0.15, 0.2) is 0 Å². The summed E-state index contributed by atoms with van der Waals surface area (Å²) in [7, 11) is 0. The monoisotopic (exact) mass is 214 g/mol. The van der Waals surface area contributed by atoms with Gasteiger partial charge in [0.1, 0.15) is 6.61 Å². The van der Waals surface area contributed by atoms with Crippen LogP contribution in [0.25, 0.3) is 0 Å². The lowest BCUT2D eigenvalue weighted by Gasteiger charge is -2.07. The molecule has 2 rings (SSSR count). The molecule has 3 nitrogen and oxygen atoms in total. The number of aryl methyl sites for hydroxylation is 2. The van der Waals surface area contributed by atoms with Crippen molar-refractivity contribution in [2.24, 2.45) is 0 Å². The largest absolute Gasteiger partial charge is 0.471 e. The summed E-state index contributed by atoms with van der Waals surface area (Å²) in [6, 6.07) is 9.77. The van der Waals surface area contributed by atoms with Crippen LogP contribution in [-0.4, -0.2) is 9.97 Å². The summed E-state index contributed by atoms with van der Waals surface area (Å²) in [5, 5.41) is 0. The Bertz CT molecular complexity index is 483. The lowest BCUT2D eigenvalue weighted by molar-refractivity contribution is 0.287. The zero-order chi connectivity index (χ0) is 11.4. The van der Waals surface area contributed by atoms with Crippen LogP contribution in [0.2, 0.25) is 0 Å². The van der Waals surface area contributed by atoms with E-state index in [1.165, 1.54) is 0 Å². The standard InChI is InChI=1S/C13H14N2O/c1-10-5-4-8-14-13(10)16-9-12-7-3-6-11(2)15-12/h3-8H,9H2,1-2H3. The summed E-state index contributed by atoms with van der Waals surface area (Å²) in [4.78, 5) is 8.53. The van der Waals surface area contributed by atoms with Crippen LogP contribution < -0.4 is 4.74 Å². The Hall–Kier alpha value is -1.90. The molecule has 0 unspecified atom stereocenters. The van der Waals surface area contributed by atoms with Crippen LogP contribution in [0.15, 0.2) is 36.5 Å². The predicted octanol–water partition coefficient (Wildman–Crippen LogP) is 2.67. The molecule has 82 valence electrons. The van der Waals surface area contributed by atoms with Gasteiger partial charge in [-0.15, -0.1) is 0 Å². The molecular formula is C13H14N2O. The number of aromatic nitrogens is 2. The topological polar surface area (TPSA) is 35.0 Å². The number of hydrogen-bond acceptors (Lipinski definition) is 3. The van der Waals surface area contributed by atoms with Gasteiger partial charge in [0.25, 0.3) is 0 Å². The number of nitrogens with zero attached hydrogens (tertiary/aromatic N) is 2. The molecule has 0 bridgehead atoms. The fourth-order valence-electron chi connectivity index (χ4n) is 1.44. The Balaban J connectivity index is 2.05. The van der Waals surface area contributed by atoms with Gasteiger partial charge in [-0.2, -0.15) is 0 Å². The van der Waals surface area contributed by atoms with Crippen LogP contribution in [-0.2, 0) is 6.61 Å². The van der Waals surface area contributed by atoms with Gasteiger partial charge < -0.3 is 4.74 Å². The van der Waals surface area contributed by atoms with Crippen molar-refractivity contribution in [3.8, 4) is 5.88 Å². The first-order valence-electron chi connectivity index (χ1n) is 5.22. The molecule has 0 amide bonds. The van der Waals surface area contributed by atoms with Gasteiger partial charge in [-0.3, -0.25) is 4.98 Å². The highest BCUT2D eigenvalue weighted by molar-refractivity contribution is 5.23. The third-order valence-electron chi connectivity index (χ3n) is 2.26. The first kappa shape index (κ1) is 10.6. The van der Waals surface area contributed by atoms with Gasteiger partial charge >= 0.3 is 0 Å². The minimum absolute atomic E-state index is 0.458. The highest BCUT2D eigenvalue weighted by Crippen LogP contribution is 2.13. The van der Waals surface area contributed by atoms with E-state index in [0.717, 1.165) is 17.0 Å². The summed E-state index contributed by atoms with van der Waals surface area (Å²) in [6.07, 6.45) is 1.73. The molecule has 0 saturated carbocycles. The van der Waals surface area contributed by atoms with E-state index in [1.807, 2.05) is 44.2 Å². The van der Waals surface area contributed by atoms with E-state index in [0.29, 0.717) is 12.5 Å². The average Bonchev–Trinajstić information content (AvgIpc) is 2.28. The van der Waals surface area contributed by atoms with E-state index in [-0.39, 0.29) is 0 Å². The Morgan fingerprint density at radius 3 is 2.75 bits per heavy atom. The second-order valence-corrected chi connectivity index (χ2v) is 3.68. The third-order valence-corrected chi connectivity index (χ3v) is 2.26. The van der Waals surface area contributed by atoms with E-state index in [9.17, 15) is 0 Å². The first-order chi connectivity index (χ1) is 7.75. The maximum absolute atomic E-state index is 5.60. The van der Waals surface area contributed by atoms with Crippen LogP contribution in [0.1, 0.15) is 17.0 Å². The van der Waals surface area contributed by atoms with Crippen LogP contribution in [0.5, 0.6) is 5.88 Å². The van der Waals surface area contributed by atoms with Gasteiger partial charge in [-0.25, -0.2) is 4.98 Å². The molecule has 0 spiro atoms. The fourth-order valence-corrected chi connectivity index (χ4v) is 1.44. The highest BCUT2D eigenvalue weighted by atomic mass is 16.5. The summed E-state index contributed by atoms with van der Waals surface area (Å²) < 4.78 is 5.60. The van der Waals surface area contributed by atoms with Crippen LogP contribution >= 0.6 is 0 Å². The van der Waals surface area contributed by atoms with Crippen molar-refractivity contribution in [3.05, 3.63) is 53.5 Å². The molecular weight excluding hydrogens is 200 g/mol. The Morgan fingerprint density at radius 1 is 1.12 bits per heavy atom. The van der Waals surface area contributed by atoms with Gasteiger partial charge in [-0.1, -0.05) is 12.1 Å². The lowest BCUT2D eigenvalue weighted by Crippen LogP contribution is -2.01. The number of pyridine rings is 2. The maximum atomic E-state index is 5.60. The van der Waals surface area contributed by atoms with Gasteiger partial charge in [0.2, 0.25) is 5.88 Å². The molecule has 0 atom stereocenters. The minimum Gasteiger partial charge on any atom is -0.471 e. The van der Waals surface area contributed by atoms with Crippen molar-refractivity contribution in [3.63, 3.8) is 0 Å². The average molecular weight is 214 g/mol. The zero-order valence-corrected chi connectivity index (χ0v) is 9.47. The Kier molecular flexibility index (Phi) is 3.15. The van der Waals surface area contributed by atoms with E-state index in [2.05, 4.69) is 9.97 Å². The smallest absolute Gasteiger partial charge is 0.216 e. The Morgan fingerprint density at radius 2 is 2.00 bits per heavy atom. The van der Waals surface area contributed by atoms with Crippen molar-refractivity contribution in [1.82, 2.24) is 9.97 Å². The SMILES string of the molecule is Cc1cccc(COc2ncccc2C)n1. The minimum atomic E-state index is 0.458. The van der Waals surface area contributed by atoms with Gasteiger partial charge in [-0.05, 0) is 32.0 Å². The van der Waals surface area contributed by atoms with E-state index < -0.39 is 0 Å². The molecule has 0 aliphatic carbocycles. The lowest BCUT2D eigenvalue weighted by atomic mass is 10.3. The number of ether oxygens (including phenoxy) is 1. The van der Waals surface area contributed by atoms with Crippen LogP contribution in [0, 0.1) is 13.8 Å². The van der Waals surface area contributed by atoms with E-state index >= 15 is 0 Å². The molecule has 2 aromatic heterocycles. The summed E-state index contributed by atoms with van der Waals surface area (Å²) in [5.41, 5.74) is 2.96. The highest BCUT2D eigenvalue weighted by Gasteiger charge is 2.01. The van der Waals surface area contributed by atoms with Crippen LogP contribution in [0.3, 0.4) is 0 Å². The third kappa shape index (κ3) is 2.57. The molecule has 0 saturated heterocycles. The van der Waals surface area contributed by atoms with Crippen molar-refractivity contribution >= 4 is 0 Å². The molecule has 0 N–H and O–H groups in total. The van der Waals surface area contributed by atoms with Crippen LogP contribution in [0.4, 0.5) is 0 Å². The molecule has 0 aromatic carbocycles. The number of rotatable bonds is 3. The molecule has 0 radical (unpaired) electrons. The molecule has 16 heavy (non-hydrogen) atoms. The quantitative estimate of drug-likeness (QED) is 0.787. The second kappa shape index (κ2) is 4.75. The van der Waals surface area contributed by atoms with Gasteiger partial charge in [0.05, 0.1) is 5.69 Å². The molecule has 2 heterocycles. The van der Waals surface area contributed by atoms with Crippen molar-refractivity contribution in [1.29, 1.82) is 0 Å². The summed E-state index contributed by atoms with van der Waals surface area (Å²) >= 11 is 0. The normalized spacial score (nSPS) is 10.1. The molecule has 0 fully saturated rings. The predicted molar refractivity (Wildman–Crippen MR) is 62.3 cm³/mol.